The van der Waals surface area contributed by atoms with Crippen molar-refractivity contribution < 1.29 is 0 Å². The molecule has 0 aliphatic rings. The lowest BCUT2D eigenvalue weighted by molar-refractivity contribution is 0.585. The summed E-state index contributed by atoms with van der Waals surface area (Å²) in [7, 11) is -0.817. The largest absolute Gasteiger partial charge is 0.0842 e. The van der Waals surface area contributed by atoms with Crippen LogP contribution in [0.3, 0.4) is 0 Å². The van der Waals surface area contributed by atoms with Crippen LogP contribution in [0.25, 0.3) is 0 Å². The van der Waals surface area contributed by atoms with Gasteiger partial charge in [0.05, 0.1) is 24.6 Å². The third-order valence-electron chi connectivity index (χ3n) is 5.82. The molecule has 0 saturated heterocycles. The van der Waals surface area contributed by atoms with Crippen molar-refractivity contribution in [3.63, 3.8) is 0 Å². The Balaban J connectivity index is 2.54. The fourth-order valence-corrected chi connectivity index (χ4v) is 9.11. The van der Waals surface area contributed by atoms with Gasteiger partial charge in [0.2, 0.25) is 0 Å². The molecule has 150 valence electrons. The van der Waals surface area contributed by atoms with E-state index in [1.54, 1.807) is 11.7 Å². The minimum absolute atomic E-state index is 0.817. The average Bonchev–Trinajstić information content (AvgIpc) is 2.67. The summed E-state index contributed by atoms with van der Waals surface area (Å²) in [6, 6.07) is 11.4. The normalized spacial score (nSPS) is 11.8. The highest BCUT2D eigenvalue weighted by atomic mass is 31.2. The van der Waals surface area contributed by atoms with E-state index in [9.17, 15) is 0 Å². The Morgan fingerprint density at radius 1 is 0.538 bits per heavy atom. The van der Waals surface area contributed by atoms with E-state index >= 15 is 0 Å². The maximum atomic E-state index is 2.38. The highest BCUT2D eigenvalue weighted by molar-refractivity contribution is 7.75. The van der Waals surface area contributed by atoms with Gasteiger partial charge >= 0.3 is 0 Å². The lowest BCUT2D eigenvalue weighted by atomic mass is 10.1. The van der Waals surface area contributed by atoms with Gasteiger partial charge in [-0.25, -0.2) is 0 Å². The molecule has 0 N–H and O–H groups in total. The van der Waals surface area contributed by atoms with Gasteiger partial charge in [0.1, 0.15) is 0 Å². The van der Waals surface area contributed by atoms with E-state index in [0.717, 1.165) is 0 Å². The number of hydrogen-bond donors (Lipinski definition) is 0. The van der Waals surface area contributed by atoms with Crippen molar-refractivity contribution >= 4 is 7.26 Å². The van der Waals surface area contributed by atoms with Crippen molar-refractivity contribution in [3.8, 4) is 0 Å². The molecule has 0 radical (unpaired) electrons. The molecule has 1 aromatic carbocycles. The van der Waals surface area contributed by atoms with Gasteiger partial charge in [0.25, 0.3) is 0 Å². The lowest BCUT2D eigenvalue weighted by Crippen LogP contribution is -2.11. The summed E-state index contributed by atoms with van der Waals surface area (Å²) < 4.78 is 0. The van der Waals surface area contributed by atoms with E-state index in [1.807, 2.05) is 0 Å². The highest BCUT2D eigenvalue weighted by Crippen LogP contribution is 2.63. The molecule has 0 spiro atoms. The quantitative estimate of drug-likeness (QED) is 0.188. The molecule has 0 amide bonds. The van der Waals surface area contributed by atoms with Crippen LogP contribution >= 0.6 is 7.26 Å². The van der Waals surface area contributed by atoms with Gasteiger partial charge < -0.3 is 0 Å². The monoisotopic (exact) mass is 377 g/mol. The van der Waals surface area contributed by atoms with Crippen LogP contribution < -0.4 is 0 Å². The van der Waals surface area contributed by atoms with Crippen LogP contribution in [0.5, 0.6) is 0 Å². The molecule has 0 aliphatic carbocycles. The Labute approximate surface area is 165 Å². The van der Waals surface area contributed by atoms with Gasteiger partial charge in [0, 0.05) is 7.26 Å². The topological polar surface area (TPSA) is 0 Å². The van der Waals surface area contributed by atoms with Crippen LogP contribution in [0.4, 0.5) is 0 Å². The zero-order valence-corrected chi connectivity index (χ0v) is 19.0. The second-order valence-electron chi connectivity index (χ2n) is 8.34. The summed E-state index contributed by atoms with van der Waals surface area (Å²) in [5, 5.41) is 0. The van der Waals surface area contributed by atoms with Crippen molar-refractivity contribution in [3.05, 3.63) is 35.9 Å². The zero-order chi connectivity index (χ0) is 18.9. The van der Waals surface area contributed by atoms with Crippen LogP contribution in [0.2, 0.25) is 0 Å². The van der Waals surface area contributed by atoms with Crippen molar-refractivity contribution in [1.82, 2.24) is 0 Å². The fraction of sp³-hybridized carbons (Fsp3) is 0.760. The fourth-order valence-electron chi connectivity index (χ4n) is 4.11. The van der Waals surface area contributed by atoms with Crippen molar-refractivity contribution in [2.24, 2.45) is 0 Å². The van der Waals surface area contributed by atoms with Crippen molar-refractivity contribution in [2.45, 2.75) is 104 Å². The van der Waals surface area contributed by atoms with Gasteiger partial charge in [0.15, 0.2) is 0 Å². The molecule has 0 heterocycles. The van der Waals surface area contributed by atoms with Gasteiger partial charge in [-0.2, -0.15) is 0 Å². The van der Waals surface area contributed by atoms with Gasteiger partial charge in [-0.15, -0.1) is 0 Å². The molecule has 0 fully saturated rings. The molecular formula is C25H46P+. The van der Waals surface area contributed by atoms with E-state index in [2.05, 4.69) is 51.1 Å². The molecule has 0 atom stereocenters. The summed E-state index contributed by atoms with van der Waals surface area (Å²) in [5.41, 5.74) is 1.60. The molecular weight excluding hydrogens is 331 g/mol. The summed E-state index contributed by atoms with van der Waals surface area (Å²) in [6.45, 7) is 7.04. The SMILES string of the molecule is CCCCCCCCCC[P+](CCCC)(CCCC)Cc1ccccc1. The van der Waals surface area contributed by atoms with Gasteiger partial charge in [-0.1, -0.05) is 102 Å². The molecule has 0 unspecified atom stereocenters. The predicted molar refractivity (Wildman–Crippen MR) is 124 cm³/mol. The molecule has 26 heavy (non-hydrogen) atoms. The first-order valence-corrected chi connectivity index (χ1v) is 14.2. The number of hydrogen-bond acceptors (Lipinski definition) is 0. The zero-order valence-electron chi connectivity index (χ0n) is 18.1. The first-order chi connectivity index (χ1) is 12.8. The number of rotatable bonds is 17. The lowest BCUT2D eigenvalue weighted by Gasteiger charge is -2.28. The summed E-state index contributed by atoms with van der Waals surface area (Å²) in [4.78, 5) is 0. The summed E-state index contributed by atoms with van der Waals surface area (Å²) in [5.74, 6) is 0. The Hall–Kier alpha value is -0.350. The summed E-state index contributed by atoms with van der Waals surface area (Å²) in [6.07, 6.45) is 23.3. The number of benzene rings is 1. The molecule has 0 aliphatic heterocycles. The Bertz CT molecular complexity index is 403. The molecule has 1 heteroatoms. The Kier molecular flexibility index (Phi) is 14.3. The molecule has 0 aromatic heterocycles. The first-order valence-electron chi connectivity index (χ1n) is 11.7. The van der Waals surface area contributed by atoms with E-state index < -0.39 is 7.26 Å². The van der Waals surface area contributed by atoms with Crippen LogP contribution in [-0.2, 0) is 6.16 Å². The second kappa shape index (κ2) is 15.7. The average molecular weight is 378 g/mol. The van der Waals surface area contributed by atoms with E-state index in [-0.39, 0.29) is 0 Å². The molecule has 1 rings (SSSR count). The van der Waals surface area contributed by atoms with Gasteiger partial charge in [-0.3, -0.25) is 0 Å². The smallest absolute Gasteiger partial charge is 0.0654 e. The third-order valence-corrected chi connectivity index (χ3v) is 10.6. The van der Waals surface area contributed by atoms with Crippen LogP contribution in [0.15, 0.2) is 30.3 Å². The molecule has 0 saturated carbocycles. The van der Waals surface area contributed by atoms with Crippen LogP contribution in [0.1, 0.15) is 103 Å². The predicted octanol–water partition coefficient (Wildman–Crippen LogP) is 8.95. The van der Waals surface area contributed by atoms with E-state index in [4.69, 9.17) is 0 Å². The van der Waals surface area contributed by atoms with Crippen LogP contribution in [0, 0.1) is 0 Å². The number of unbranched alkanes of at least 4 members (excludes halogenated alkanes) is 9. The maximum Gasteiger partial charge on any atom is 0.0842 e. The molecule has 0 bridgehead atoms. The molecule has 0 nitrogen and oxygen atoms in total. The Morgan fingerprint density at radius 2 is 1.00 bits per heavy atom. The molecule has 1 aromatic rings. The minimum atomic E-state index is -0.817. The van der Waals surface area contributed by atoms with Crippen molar-refractivity contribution in [2.75, 3.05) is 18.5 Å². The maximum absolute atomic E-state index is 2.38. The van der Waals surface area contributed by atoms with Crippen molar-refractivity contribution in [1.29, 1.82) is 0 Å². The summed E-state index contributed by atoms with van der Waals surface area (Å²) >= 11 is 0. The van der Waals surface area contributed by atoms with Gasteiger partial charge in [-0.05, 0) is 31.2 Å². The highest BCUT2D eigenvalue weighted by Gasteiger charge is 2.35. The van der Waals surface area contributed by atoms with E-state index in [1.165, 1.54) is 95.5 Å². The second-order valence-corrected chi connectivity index (χ2v) is 12.7. The Morgan fingerprint density at radius 3 is 1.54 bits per heavy atom. The minimum Gasteiger partial charge on any atom is -0.0654 e. The first kappa shape index (κ1) is 23.7. The standard InChI is InChI=1S/C25H46P/c1-4-7-10-11-12-13-14-18-23-26(21-8-5-2,22-9-6-3)24-25-19-16-15-17-20-25/h15-17,19-20H,4-14,18,21-24H2,1-3H3/q+1. The van der Waals surface area contributed by atoms with Crippen LogP contribution in [-0.4, -0.2) is 18.5 Å². The van der Waals surface area contributed by atoms with E-state index in [0.29, 0.717) is 0 Å². The third kappa shape index (κ3) is 10.7.